The minimum atomic E-state index is -0.787. The molecule has 6 heteroatoms. The van der Waals surface area contributed by atoms with Crippen LogP contribution in [0.5, 0.6) is 0 Å². The number of ether oxygens (including phenoxy) is 2. The maximum Gasteiger partial charge on any atom is 0.434 e. The number of carbonyl (C=O) groups excluding carboxylic acids is 2. The van der Waals surface area contributed by atoms with Gasteiger partial charge >= 0.3 is 12.1 Å². The third kappa shape index (κ3) is 7.74. The molecule has 0 saturated heterocycles. The molecule has 0 heterocycles. The van der Waals surface area contributed by atoms with E-state index in [1.165, 1.54) is 0 Å². The SMILES string of the molecule is CCOC(=O)C(CCCc1ccc(Br)cc1)=NC(=O)OCc1ccccc1. The number of hydrogen-bond acceptors (Lipinski definition) is 4. The molecule has 27 heavy (non-hydrogen) atoms. The maximum absolute atomic E-state index is 12.1. The second-order valence-corrected chi connectivity index (χ2v) is 6.71. The zero-order valence-electron chi connectivity index (χ0n) is 15.2. The van der Waals surface area contributed by atoms with E-state index in [9.17, 15) is 9.59 Å². The normalized spacial score (nSPS) is 11.1. The monoisotopic (exact) mass is 431 g/mol. The van der Waals surface area contributed by atoms with Crippen LogP contribution in [0.15, 0.2) is 64.1 Å². The van der Waals surface area contributed by atoms with Gasteiger partial charge in [0.1, 0.15) is 12.3 Å². The average molecular weight is 432 g/mol. The molecule has 0 radical (unpaired) electrons. The first-order valence-electron chi connectivity index (χ1n) is 8.78. The van der Waals surface area contributed by atoms with Crippen LogP contribution in [0, 0.1) is 0 Å². The van der Waals surface area contributed by atoms with E-state index in [1.807, 2.05) is 54.6 Å². The van der Waals surface area contributed by atoms with Crippen LogP contribution in [-0.2, 0) is 27.3 Å². The van der Waals surface area contributed by atoms with Crippen molar-refractivity contribution in [3.63, 3.8) is 0 Å². The zero-order chi connectivity index (χ0) is 19.5. The lowest BCUT2D eigenvalue weighted by atomic mass is 10.1. The number of carbonyl (C=O) groups is 2. The summed E-state index contributed by atoms with van der Waals surface area (Å²) in [5, 5.41) is 0. The van der Waals surface area contributed by atoms with Crippen molar-refractivity contribution in [3.8, 4) is 0 Å². The first kappa shape index (κ1) is 20.8. The van der Waals surface area contributed by atoms with Crippen molar-refractivity contribution in [1.82, 2.24) is 0 Å². The molecule has 0 aromatic heterocycles. The number of amides is 1. The topological polar surface area (TPSA) is 65.0 Å². The van der Waals surface area contributed by atoms with E-state index in [0.717, 1.165) is 22.0 Å². The lowest BCUT2D eigenvalue weighted by Gasteiger charge is -2.07. The number of esters is 1. The van der Waals surface area contributed by atoms with Crippen LogP contribution in [0.25, 0.3) is 0 Å². The molecule has 0 N–H and O–H groups in total. The molecule has 0 spiro atoms. The van der Waals surface area contributed by atoms with E-state index in [4.69, 9.17) is 9.47 Å². The Morgan fingerprint density at radius 2 is 1.67 bits per heavy atom. The van der Waals surface area contributed by atoms with Crippen molar-refractivity contribution in [3.05, 3.63) is 70.2 Å². The molecule has 0 saturated carbocycles. The fraction of sp³-hybridized carbons (Fsp3) is 0.286. The largest absolute Gasteiger partial charge is 0.462 e. The number of halogens is 1. The molecule has 0 aliphatic rings. The highest BCUT2D eigenvalue weighted by Crippen LogP contribution is 2.13. The van der Waals surface area contributed by atoms with E-state index < -0.39 is 12.1 Å². The van der Waals surface area contributed by atoms with Gasteiger partial charge in [-0.15, -0.1) is 0 Å². The summed E-state index contributed by atoms with van der Waals surface area (Å²) in [5.74, 6) is -0.579. The number of aryl methyl sites for hydroxylation is 1. The van der Waals surface area contributed by atoms with Gasteiger partial charge in [0.05, 0.1) is 6.61 Å². The van der Waals surface area contributed by atoms with Crippen molar-refractivity contribution < 1.29 is 19.1 Å². The van der Waals surface area contributed by atoms with Crippen LogP contribution in [-0.4, -0.2) is 24.4 Å². The van der Waals surface area contributed by atoms with Crippen LogP contribution >= 0.6 is 15.9 Å². The zero-order valence-corrected chi connectivity index (χ0v) is 16.8. The third-order valence-corrected chi connectivity index (χ3v) is 4.26. The molecular weight excluding hydrogens is 410 g/mol. The highest BCUT2D eigenvalue weighted by Gasteiger charge is 2.15. The molecule has 5 nitrogen and oxygen atoms in total. The number of benzene rings is 2. The van der Waals surface area contributed by atoms with Gasteiger partial charge in [0.15, 0.2) is 0 Å². The molecule has 2 aromatic rings. The molecule has 0 unspecified atom stereocenters. The molecule has 0 fully saturated rings. The van der Waals surface area contributed by atoms with Gasteiger partial charge in [0, 0.05) is 4.47 Å². The lowest BCUT2D eigenvalue weighted by Crippen LogP contribution is -2.20. The molecule has 0 aliphatic heterocycles. The lowest BCUT2D eigenvalue weighted by molar-refractivity contribution is -0.135. The Morgan fingerprint density at radius 3 is 2.33 bits per heavy atom. The quantitative estimate of drug-likeness (QED) is 0.430. The molecule has 2 rings (SSSR count). The average Bonchev–Trinajstić information content (AvgIpc) is 2.68. The van der Waals surface area contributed by atoms with Crippen LogP contribution in [0.1, 0.15) is 30.9 Å². The van der Waals surface area contributed by atoms with Crippen molar-refractivity contribution >= 4 is 33.7 Å². The summed E-state index contributed by atoms with van der Waals surface area (Å²) in [7, 11) is 0. The Hall–Kier alpha value is -2.47. The summed E-state index contributed by atoms with van der Waals surface area (Å²) in [6.07, 6.45) is 0.997. The molecule has 142 valence electrons. The van der Waals surface area contributed by atoms with Gasteiger partial charge in [-0.05, 0) is 49.4 Å². The van der Waals surface area contributed by atoms with E-state index in [1.54, 1.807) is 6.92 Å². The van der Waals surface area contributed by atoms with Crippen molar-refractivity contribution in [2.24, 2.45) is 4.99 Å². The third-order valence-electron chi connectivity index (χ3n) is 3.73. The Labute approximate surface area is 167 Å². The summed E-state index contributed by atoms with van der Waals surface area (Å²) in [4.78, 5) is 27.9. The van der Waals surface area contributed by atoms with Crippen molar-refractivity contribution in [2.45, 2.75) is 32.8 Å². The number of rotatable bonds is 8. The molecule has 0 aliphatic carbocycles. The second kappa shape index (κ2) is 11.3. The molecule has 2 aromatic carbocycles. The predicted octanol–water partition coefficient (Wildman–Crippen LogP) is 5.11. The molecule has 1 amide bonds. The Kier molecular flexibility index (Phi) is 8.71. The maximum atomic E-state index is 12.1. The molecule has 0 bridgehead atoms. The molecule has 0 atom stereocenters. The second-order valence-electron chi connectivity index (χ2n) is 5.80. The van der Waals surface area contributed by atoms with Crippen molar-refractivity contribution in [2.75, 3.05) is 6.61 Å². The van der Waals surface area contributed by atoms with E-state index in [-0.39, 0.29) is 18.9 Å². The number of hydrogen-bond donors (Lipinski definition) is 0. The van der Waals surface area contributed by atoms with Crippen molar-refractivity contribution in [1.29, 1.82) is 0 Å². The van der Waals surface area contributed by atoms with E-state index in [0.29, 0.717) is 12.8 Å². The first-order chi connectivity index (χ1) is 13.1. The predicted molar refractivity (Wildman–Crippen MR) is 108 cm³/mol. The van der Waals surface area contributed by atoms with Gasteiger partial charge in [0.25, 0.3) is 0 Å². The summed E-state index contributed by atoms with van der Waals surface area (Å²) in [6, 6.07) is 17.3. The van der Waals surface area contributed by atoms with Gasteiger partial charge in [-0.25, -0.2) is 9.59 Å². The van der Waals surface area contributed by atoms with Crippen LogP contribution in [0.4, 0.5) is 4.79 Å². The van der Waals surface area contributed by atoms with E-state index in [2.05, 4.69) is 20.9 Å². The Morgan fingerprint density at radius 1 is 0.963 bits per heavy atom. The van der Waals surface area contributed by atoms with Crippen LogP contribution in [0.2, 0.25) is 0 Å². The highest BCUT2D eigenvalue weighted by molar-refractivity contribution is 9.10. The Bertz CT molecular complexity index is 773. The standard InChI is InChI=1S/C21H22BrNO4/c1-2-26-20(24)19(10-6-9-16-11-13-18(22)14-12-16)23-21(25)27-15-17-7-4-3-5-8-17/h3-5,7-8,11-14H,2,6,9-10,15H2,1H3. The fourth-order valence-corrected chi connectivity index (χ4v) is 2.66. The fourth-order valence-electron chi connectivity index (χ4n) is 2.39. The van der Waals surface area contributed by atoms with Gasteiger partial charge < -0.3 is 9.47 Å². The number of aliphatic imine (C=N–C) groups is 1. The number of nitrogens with zero attached hydrogens (tertiary/aromatic N) is 1. The summed E-state index contributed by atoms with van der Waals surface area (Å²) in [5.41, 5.74) is 2.09. The minimum Gasteiger partial charge on any atom is -0.462 e. The minimum absolute atomic E-state index is 0.0898. The summed E-state index contributed by atoms with van der Waals surface area (Å²) >= 11 is 3.40. The van der Waals surface area contributed by atoms with Gasteiger partial charge in [-0.3, -0.25) is 0 Å². The molecular formula is C21H22BrNO4. The summed E-state index contributed by atoms with van der Waals surface area (Å²) < 4.78 is 11.1. The van der Waals surface area contributed by atoms with E-state index >= 15 is 0 Å². The smallest absolute Gasteiger partial charge is 0.434 e. The van der Waals surface area contributed by atoms with Crippen LogP contribution in [0.3, 0.4) is 0 Å². The van der Waals surface area contributed by atoms with Gasteiger partial charge in [0.2, 0.25) is 0 Å². The van der Waals surface area contributed by atoms with Gasteiger partial charge in [-0.2, -0.15) is 4.99 Å². The summed E-state index contributed by atoms with van der Waals surface area (Å²) in [6.45, 7) is 2.05. The first-order valence-corrected chi connectivity index (χ1v) is 9.57. The highest BCUT2D eigenvalue weighted by atomic mass is 79.9. The van der Waals surface area contributed by atoms with Gasteiger partial charge in [-0.1, -0.05) is 58.4 Å². The Balaban J connectivity index is 1.93. The van der Waals surface area contributed by atoms with Crippen LogP contribution < -0.4 is 0 Å².